The molecule has 0 heterocycles. The van der Waals surface area contributed by atoms with Crippen molar-refractivity contribution in [1.82, 2.24) is 10.6 Å². The summed E-state index contributed by atoms with van der Waals surface area (Å²) in [7, 11) is 0. The molecule has 0 fully saturated rings. The molecule has 14 heavy (non-hydrogen) atoms. The molecule has 0 aromatic rings. The van der Waals surface area contributed by atoms with Crippen LogP contribution in [-0.2, 0) is 9.59 Å². The van der Waals surface area contributed by atoms with Crippen LogP contribution in [0, 0.1) is 0 Å². The van der Waals surface area contributed by atoms with Crippen LogP contribution < -0.4 is 10.6 Å². The lowest BCUT2D eigenvalue weighted by atomic mass is 10.3. The Morgan fingerprint density at radius 1 is 1.29 bits per heavy atom. The van der Waals surface area contributed by atoms with E-state index in [0.29, 0.717) is 18.7 Å². The summed E-state index contributed by atoms with van der Waals surface area (Å²) in [6.45, 7) is 3.78. The van der Waals surface area contributed by atoms with Crippen LogP contribution in [0.25, 0.3) is 0 Å². The Balaban J connectivity index is 3.51. The molecule has 0 radical (unpaired) electrons. The Morgan fingerprint density at radius 3 is 2.43 bits per heavy atom. The summed E-state index contributed by atoms with van der Waals surface area (Å²) in [6.07, 6.45) is 1.01. The minimum atomic E-state index is -0.167. The second-order valence-electron chi connectivity index (χ2n) is 3.29. The van der Waals surface area contributed by atoms with E-state index in [4.69, 9.17) is 11.6 Å². The van der Waals surface area contributed by atoms with Crippen LogP contribution in [0.3, 0.4) is 0 Å². The molecule has 0 bridgehead atoms. The van der Waals surface area contributed by atoms with Gasteiger partial charge in [0.05, 0.1) is 6.54 Å². The normalized spacial score (nSPS) is 10.0. The van der Waals surface area contributed by atoms with Crippen LogP contribution in [-0.4, -0.2) is 30.3 Å². The molecule has 0 aliphatic carbocycles. The minimum absolute atomic E-state index is 0.0410. The molecule has 0 aromatic carbocycles. The van der Waals surface area contributed by atoms with Gasteiger partial charge in [-0.3, -0.25) is 9.59 Å². The summed E-state index contributed by atoms with van der Waals surface area (Å²) in [4.78, 5) is 22.1. The first-order valence-corrected chi connectivity index (χ1v) is 5.21. The lowest BCUT2D eigenvalue weighted by Crippen LogP contribution is -2.39. The van der Waals surface area contributed by atoms with E-state index in [1.807, 2.05) is 13.8 Å². The standard InChI is InChI=1S/C9H17ClN2O2/c1-7(2)12-9(14)6-11-8(13)4-3-5-10/h7H,3-6H2,1-2H3,(H,11,13)(H,12,14). The molecule has 0 saturated carbocycles. The van der Waals surface area contributed by atoms with Crippen molar-refractivity contribution in [3.63, 3.8) is 0 Å². The first kappa shape index (κ1) is 13.2. The summed E-state index contributed by atoms with van der Waals surface area (Å²) in [5.74, 6) is 0.162. The molecule has 82 valence electrons. The fourth-order valence-corrected chi connectivity index (χ4v) is 1.00. The van der Waals surface area contributed by atoms with Gasteiger partial charge in [0.1, 0.15) is 0 Å². The van der Waals surface area contributed by atoms with E-state index >= 15 is 0 Å². The van der Waals surface area contributed by atoms with Gasteiger partial charge in [-0.1, -0.05) is 0 Å². The number of amides is 2. The van der Waals surface area contributed by atoms with E-state index in [-0.39, 0.29) is 24.4 Å². The van der Waals surface area contributed by atoms with E-state index < -0.39 is 0 Å². The average Bonchev–Trinajstić information content (AvgIpc) is 2.10. The summed E-state index contributed by atoms with van der Waals surface area (Å²) in [5.41, 5.74) is 0. The van der Waals surface area contributed by atoms with Gasteiger partial charge in [-0.05, 0) is 20.3 Å². The fourth-order valence-electron chi connectivity index (χ4n) is 0.868. The molecule has 4 nitrogen and oxygen atoms in total. The van der Waals surface area contributed by atoms with Crippen LogP contribution in [0.15, 0.2) is 0 Å². The van der Waals surface area contributed by atoms with Crippen LogP contribution in [0.5, 0.6) is 0 Å². The zero-order valence-corrected chi connectivity index (χ0v) is 9.36. The zero-order valence-electron chi connectivity index (χ0n) is 8.60. The van der Waals surface area contributed by atoms with Gasteiger partial charge in [-0.15, -0.1) is 11.6 Å². The van der Waals surface area contributed by atoms with Crippen molar-refractivity contribution >= 4 is 23.4 Å². The van der Waals surface area contributed by atoms with E-state index in [2.05, 4.69) is 10.6 Å². The fraction of sp³-hybridized carbons (Fsp3) is 0.778. The molecule has 5 heteroatoms. The predicted octanol–water partition coefficient (Wildman–Crippen LogP) is 0.646. The first-order chi connectivity index (χ1) is 6.56. The number of hydrogen-bond donors (Lipinski definition) is 2. The highest BCUT2D eigenvalue weighted by molar-refractivity contribution is 6.17. The highest BCUT2D eigenvalue weighted by Crippen LogP contribution is 1.90. The largest absolute Gasteiger partial charge is 0.352 e. The zero-order chi connectivity index (χ0) is 11.0. The maximum atomic E-state index is 11.1. The highest BCUT2D eigenvalue weighted by Gasteiger charge is 2.05. The van der Waals surface area contributed by atoms with Crippen LogP contribution in [0.2, 0.25) is 0 Å². The maximum absolute atomic E-state index is 11.1. The summed E-state index contributed by atoms with van der Waals surface area (Å²) in [6, 6.07) is 0.0993. The van der Waals surface area contributed by atoms with Crippen molar-refractivity contribution in [3.8, 4) is 0 Å². The van der Waals surface area contributed by atoms with Crippen molar-refractivity contribution in [2.75, 3.05) is 12.4 Å². The van der Waals surface area contributed by atoms with Gasteiger partial charge >= 0.3 is 0 Å². The Morgan fingerprint density at radius 2 is 1.93 bits per heavy atom. The number of rotatable bonds is 6. The van der Waals surface area contributed by atoms with Gasteiger partial charge in [0, 0.05) is 18.3 Å². The predicted molar refractivity (Wildman–Crippen MR) is 56.2 cm³/mol. The first-order valence-electron chi connectivity index (χ1n) is 4.68. The van der Waals surface area contributed by atoms with Crippen molar-refractivity contribution in [2.45, 2.75) is 32.7 Å². The van der Waals surface area contributed by atoms with Gasteiger partial charge in [0.25, 0.3) is 0 Å². The molecule has 0 atom stereocenters. The SMILES string of the molecule is CC(C)NC(=O)CNC(=O)CCCCl. The highest BCUT2D eigenvalue weighted by atomic mass is 35.5. The number of nitrogens with one attached hydrogen (secondary N) is 2. The monoisotopic (exact) mass is 220 g/mol. The lowest BCUT2D eigenvalue weighted by Gasteiger charge is -2.08. The number of carbonyl (C=O) groups excluding carboxylic acids is 2. The molecule has 0 saturated heterocycles. The van der Waals surface area contributed by atoms with Gasteiger partial charge in [-0.2, -0.15) is 0 Å². The second kappa shape index (κ2) is 7.62. The topological polar surface area (TPSA) is 58.2 Å². The maximum Gasteiger partial charge on any atom is 0.239 e. The van der Waals surface area contributed by atoms with Crippen LogP contribution in [0.4, 0.5) is 0 Å². The van der Waals surface area contributed by atoms with Gasteiger partial charge in [-0.25, -0.2) is 0 Å². The molecule has 2 amide bonds. The van der Waals surface area contributed by atoms with Crippen molar-refractivity contribution in [2.24, 2.45) is 0 Å². The van der Waals surface area contributed by atoms with Crippen molar-refractivity contribution < 1.29 is 9.59 Å². The van der Waals surface area contributed by atoms with Crippen molar-refractivity contribution in [3.05, 3.63) is 0 Å². The summed E-state index contributed by atoms with van der Waals surface area (Å²) in [5, 5.41) is 5.19. The van der Waals surface area contributed by atoms with Gasteiger partial charge < -0.3 is 10.6 Å². The molecule has 0 aliphatic rings. The summed E-state index contributed by atoms with van der Waals surface area (Å²) >= 11 is 5.42. The van der Waals surface area contributed by atoms with Crippen LogP contribution in [0.1, 0.15) is 26.7 Å². The lowest BCUT2D eigenvalue weighted by molar-refractivity contribution is -0.126. The Kier molecular flexibility index (Phi) is 7.20. The second-order valence-corrected chi connectivity index (χ2v) is 3.67. The smallest absolute Gasteiger partial charge is 0.239 e. The van der Waals surface area contributed by atoms with E-state index in [0.717, 1.165) is 0 Å². The number of carbonyl (C=O) groups is 2. The van der Waals surface area contributed by atoms with Gasteiger partial charge in [0.2, 0.25) is 11.8 Å². The average molecular weight is 221 g/mol. The molecular weight excluding hydrogens is 204 g/mol. The van der Waals surface area contributed by atoms with Crippen LogP contribution >= 0.6 is 11.6 Å². The molecule has 0 unspecified atom stereocenters. The molecule has 2 N–H and O–H groups in total. The third-order valence-electron chi connectivity index (χ3n) is 1.43. The Labute approximate surface area is 89.4 Å². The number of alkyl halides is 1. The van der Waals surface area contributed by atoms with Crippen molar-refractivity contribution in [1.29, 1.82) is 0 Å². The summed E-state index contributed by atoms with van der Waals surface area (Å²) < 4.78 is 0. The number of halogens is 1. The molecular formula is C9H17ClN2O2. The quantitative estimate of drug-likeness (QED) is 0.646. The minimum Gasteiger partial charge on any atom is -0.352 e. The molecule has 0 aromatic heterocycles. The van der Waals surface area contributed by atoms with E-state index in [9.17, 15) is 9.59 Å². The number of hydrogen-bond acceptors (Lipinski definition) is 2. The van der Waals surface area contributed by atoms with Gasteiger partial charge in [0.15, 0.2) is 0 Å². The third-order valence-corrected chi connectivity index (χ3v) is 1.70. The molecule has 0 rings (SSSR count). The third kappa shape index (κ3) is 7.86. The van der Waals surface area contributed by atoms with E-state index in [1.165, 1.54) is 0 Å². The Hall–Kier alpha value is -0.770. The van der Waals surface area contributed by atoms with E-state index in [1.54, 1.807) is 0 Å². The molecule has 0 aliphatic heterocycles. The molecule has 0 spiro atoms. The Bertz CT molecular complexity index is 195.